The lowest BCUT2D eigenvalue weighted by molar-refractivity contribution is -0.167. The second kappa shape index (κ2) is 53.9. The summed E-state index contributed by atoms with van der Waals surface area (Å²) in [5, 5.41) is 0. The Hall–Kier alpha value is -4.71. The monoisotopic (exact) mass is 923 g/mol. The van der Waals surface area contributed by atoms with Crippen molar-refractivity contribution < 1.29 is 28.6 Å². The molecule has 0 radical (unpaired) electrons. The molecule has 374 valence electrons. The van der Waals surface area contributed by atoms with E-state index in [1.165, 1.54) is 51.4 Å². The zero-order chi connectivity index (χ0) is 48.6. The zero-order valence-electron chi connectivity index (χ0n) is 42.6. The third-order valence-electron chi connectivity index (χ3n) is 10.5. The summed E-state index contributed by atoms with van der Waals surface area (Å²) in [4.78, 5) is 38.0. The molecule has 0 heterocycles. The summed E-state index contributed by atoms with van der Waals surface area (Å²) in [6.45, 7) is 6.24. The molecule has 0 saturated heterocycles. The van der Waals surface area contributed by atoms with E-state index in [1.807, 2.05) is 72.9 Å². The maximum atomic E-state index is 12.8. The molecule has 0 aliphatic carbocycles. The topological polar surface area (TPSA) is 78.9 Å². The van der Waals surface area contributed by atoms with Crippen LogP contribution in [0.4, 0.5) is 0 Å². The molecule has 0 N–H and O–H groups in total. The number of carbonyl (C=O) groups excluding carboxylic acids is 3. The molecule has 0 aliphatic heterocycles. The Morgan fingerprint density at radius 3 is 1.12 bits per heavy atom. The van der Waals surface area contributed by atoms with Gasteiger partial charge in [0.05, 0.1) is 0 Å². The Balaban J connectivity index is 4.52. The van der Waals surface area contributed by atoms with Gasteiger partial charge in [-0.05, 0) is 89.9 Å². The molecule has 0 rings (SSSR count). The predicted octanol–water partition coefficient (Wildman–Crippen LogP) is 17.6. The lowest BCUT2D eigenvalue weighted by atomic mass is 10.1. The van der Waals surface area contributed by atoms with Crippen LogP contribution >= 0.6 is 0 Å². The van der Waals surface area contributed by atoms with Gasteiger partial charge < -0.3 is 14.2 Å². The second-order valence-electron chi connectivity index (χ2n) is 16.9. The summed E-state index contributed by atoms with van der Waals surface area (Å²) >= 11 is 0. The van der Waals surface area contributed by atoms with Gasteiger partial charge in [0.2, 0.25) is 0 Å². The van der Waals surface area contributed by atoms with Crippen molar-refractivity contribution in [1.29, 1.82) is 0 Å². The van der Waals surface area contributed by atoms with Gasteiger partial charge in [-0.2, -0.15) is 0 Å². The van der Waals surface area contributed by atoms with E-state index in [4.69, 9.17) is 14.2 Å². The Labute approximate surface area is 410 Å². The average molecular weight is 923 g/mol. The molecule has 0 amide bonds. The third kappa shape index (κ3) is 52.1. The van der Waals surface area contributed by atoms with Crippen molar-refractivity contribution in [2.45, 2.75) is 207 Å². The van der Waals surface area contributed by atoms with E-state index in [-0.39, 0.29) is 31.1 Å². The fourth-order valence-electron chi connectivity index (χ4n) is 6.59. The molecule has 1 unspecified atom stereocenters. The largest absolute Gasteiger partial charge is 0.462 e. The van der Waals surface area contributed by atoms with E-state index in [9.17, 15) is 14.4 Å². The number of hydrogen-bond donors (Lipinski definition) is 0. The Morgan fingerprint density at radius 1 is 0.328 bits per heavy atom. The van der Waals surface area contributed by atoms with Crippen LogP contribution < -0.4 is 0 Å². The summed E-state index contributed by atoms with van der Waals surface area (Å²) < 4.78 is 16.7. The van der Waals surface area contributed by atoms with Gasteiger partial charge in [-0.3, -0.25) is 14.4 Å². The van der Waals surface area contributed by atoms with E-state index >= 15 is 0 Å². The van der Waals surface area contributed by atoms with E-state index in [0.29, 0.717) is 19.3 Å². The van der Waals surface area contributed by atoms with Crippen LogP contribution in [0, 0.1) is 0 Å². The van der Waals surface area contributed by atoms with Crippen molar-refractivity contribution in [2.24, 2.45) is 0 Å². The number of unbranched alkanes of at least 4 members (excludes halogenated alkanes) is 17. The first kappa shape index (κ1) is 62.3. The van der Waals surface area contributed by atoms with Gasteiger partial charge >= 0.3 is 17.9 Å². The molecule has 0 saturated carbocycles. The third-order valence-corrected chi connectivity index (χ3v) is 10.5. The minimum atomic E-state index is -0.817. The molecule has 0 spiro atoms. The van der Waals surface area contributed by atoms with Gasteiger partial charge in [-0.15, -0.1) is 0 Å². The van der Waals surface area contributed by atoms with Crippen LogP contribution in [0.25, 0.3) is 0 Å². The minimum absolute atomic E-state index is 0.115. The first-order valence-electron chi connectivity index (χ1n) is 26.5. The molecule has 0 bridgehead atoms. The molecular weight excluding hydrogens is 829 g/mol. The highest BCUT2D eigenvalue weighted by Crippen LogP contribution is 2.14. The lowest BCUT2D eigenvalue weighted by Gasteiger charge is -2.18. The minimum Gasteiger partial charge on any atom is -0.462 e. The number of carbonyl (C=O) groups is 3. The number of allylic oxidation sites excluding steroid dienone is 24. The van der Waals surface area contributed by atoms with Crippen molar-refractivity contribution in [1.82, 2.24) is 0 Å². The average Bonchev–Trinajstić information content (AvgIpc) is 3.33. The van der Waals surface area contributed by atoms with E-state index in [2.05, 4.69) is 93.7 Å². The van der Waals surface area contributed by atoms with Gasteiger partial charge in [0, 0.05) is 19.3 Å². The molecule has 6 heteroatoms. The van der Waals surface area contributed by atoms with Gasteiger partial charge in [0.1, 0.15) is 13.2 Å². The quantitative estimate of drug-likeness (QED) is 0.0199. The van der Waals surface area contributed by atoms with Crippen LogP contribution in [-0.4, -0.2) is 37.2 Å². The smallest absolute Gasteiger partial charge is 0.306 e. The normalized spacial score (nSPS) is 13.3. The fourth-order valence-corrected chi connectivity index (χ4v) is 6.59. The predicted molar refractivity (Wildman–Crippen MR) is 288 cm³/mol. The highest BCUT2D eigenvalue weighted by Gasteiger charge is 2.19. The first-order chi connectivity index (χ1) is 33.0. The molecular formula is C61H94O6. The zero-order valence-corrected chi connectivity index (χ0v) is 42.6. The molecule has 0 aromatic heterocycles. The molecule has 1 atom stereocenters. The Morgan fingerprint density at radius 2 is 0.657 bits per heavy atom. The van der Waals surface area contributed by atoms with Crippen LogP contribution in [0.2, 0.25) is 0 Å². The highest BCUT2D eigenvalue weighted by atomic mass is 16.6. The highest BCUT2D eigenvalue weighted by molar-refractivity contribution is 5.71. The summed E-state index contributed by atoms with van der Waals surface area (Å²) in [7, 11) is 0. The number of esters is 3. The maximum Gasteiger partial charge on any atom is 0.306 e. The van der Waals surface area contributed by atoms with Crippen molar-refractivity contribution in [3.63, 3.8) is 0 Å². The lowest BCUT2D eigenvalue weighted by Crippen LogP contribution is -2.30. The van der Waals surface area contributed by atoms with Crippen LogP contribution in [-0.2, 0) is 28.6 Å². The van der Waals surface area contributed by atoms with Crippen LogP contribution in [0.3, 0.4) is 0 Å². The standard InChI is InChI=1S/C61H94O6/c1-4-7-10-13-16-19-22-24-26-28-30-32-34-36-39-42-45-48-51-54-60(63)66-57-58(56-65-59(62)53-50-47-44-41-38-21-18-15-12-9-6-3)67-61(64)55-52-49-46-43-40-37-35-33-31-29-27-25-23-20-17-14-11-8-5-2/h7-8,10-11,13,15-22,24-28,30,32,34,36,38-39,58H,4-6,9,12,14,23,29,31,33,35,37,40-57H2,1-3H3/b10-7-,11-8-,16-13-,18-15-,20-17-,22-19-,26-24-,27-25-,30-28+,34-32-,38-21-,39-36-. The second-order valence-corrected chi connectivity index (χ2v) is 16.9. The number of hydrogen-bond acceptors (Lipinski definition) is 6. The van der Waals surface area contributed by atoms with E-state index in [1.54, 1.807) is 0 Å². The van der Waals surface area contributed by atoms with Gasteiger partial charge in [-0.25, -0.2) is 0 Å². The van der Waals surface area contributed by atoms with Crippen molar-refractivity contribution in [3.8, 4) is 0 Å². The van der Waals surface area contributed by atoms with E-state index in [0.717, 1.165) is 109 Å². The van der Waals surface area contributed by atoms with Crippen molar-refractivity contribution in [3.05, 3.63) is 146 Å². The molecule has 67 heavy (non-hydrogen) atoms. The molecule has 0 aliphatic rings. The van der Waals surface area contributed by atoms with Crippen LogP contribution in [0.15, 0.2) is 146 Å². The van der Waals surface area contributed by atoms with Crippen LogP contribution in [0.1, 0.15) is 201 Å². The van der Waals surface area contributed by atoms with E-state index < -0.39 is 6.10 Å². The molecule has 0 aromatic rings. The Bertz CT molecular complexity index is 1530. The summed E-state index contributed by atoms with van der Waals surface area (Å²) in [5.41, 5.74) is 0. The number of rotatable bonds is 45. The van der Waals surface area contributed by atoms with Gasteiger partial charge in [-0.1, -0.05) is 237 Å². The summed E-state index contributed by atoms with van der Waals surface area (Å²) in [6, 6.07) is 0. The molecule has 6 nitrogen and oxygen atoms in total. The van der Waals surface area contributed by atoms with Gasteiger partial charge in [0.25, 0.3) is 0 Å². The van der Waals surface area contributed by atoms with Crippen molar-refractivity contribution in [2.75, 3.05) is 13.2 Å². The van der Waals surface area contributed by atoms with Crippen molar-refractivity contribution >= 4 is 17.9 Å². The number of ether oxygens (including phenoxy) is 3. The SMILES string of the molecule is CC\C=C/C=C\C=C/C=C\C=C\C=C/C=C\CCCCCC(=O)OCC(COC(=O)CCCCC/C=C\C=C/CCCC)OC(=O)CCCCCCCCCCC/C=C\C/C=C\C/C=C\CC. The summed E-state index contributed by atoms with van der Waals surface area (Å²) in [6.07, 6.45) is 76.8. The fraction of sp³-hybridized carbons (Fsp3) is 0.557. The molecule has 0 aromatic carbocycles. The first-order valence-corrected chi connectivity index (χ1v) is 26.5. The van der Waals surface area contributed by atoms with Crippen LogP contribution in [0.5, 0.6) is 0 Å². The maximum absolute atomic E-state index is 12.8. The summed E-state index contributed by atoms with van der Waals surface area (Å²) in [5.74, 6) is -1.00. The molecule has 0 fully saturated rings. The Kier molecular flexibility index (Phi) is 50.1. The van der Waals surface area contributed by atoms with Gasteiger partial charge in [0.15, 0.2) is 6.10 Å².